The first-order valence-corrected chi connectivity index (χ1v) is 9.81. The Morgan fingerprint density at radius 3 is 2.69 bits per heavy atom. The highest BCUT2D eigenvalue weighted by Gasteiger charge is 2.15. The Bertz CT molecular complexity index is 1000. The second kappa shape index (κ2) is 8.25. The molecule has 0 fully saturated rings. The van der Waals surface area contributed by atoms with Crippen LogP contribution in [0.3, 0.4) is 0 Å². The Balaban J connectivity index is 2.09. The van der Waals surface area contributed by atoms with Gasteiger partial charge in [-0.1, -0.05) is 23.9 Å². The van der Waals surface area contributed by atoms with E-state index in [2.05, 4.69) is 9.97 Å². The third-order valence-electron chi connectivity index (χ3n) is 3.10. The number of thioether (sulfide) groups is 1. The number of aromatic amines is 1. The lowest BCUT2D eigenvalue weighted by atomic mass is 10.1. The quantitative estimate of drug-likeness (QED) is 0.298. The zero-order chi connectivity index (χ0) is 19.3. The Hall–Kier alpha value is -2.50. The summed E-state index contributed by atoms with van der Waals surface area (Å²) >= 11 is 0.936. The molecule has 0 aliphatic carbocycles. The predicted molar refractivity (Wildman–Crippen MR) is 93.7 cm³/mol. The molecule has 0 aliphatic heterocycles. The van der Waals surface area contributed by atoms with Crippen molar-refractivity contribution in [1.82, 2.24) is 9.97 Å². The lowest BCUT2D eigenvalue weighted by Gasteiger charge is -2.04. The van der Waals surface area contributed by atoms with E-state index in [-0.39, 0.29) is 39.3 Å². The van der Waals surface area contributed by atoms with Gasteiger partial charge in [0.25, 0.3) is 5.56 Å². The van der Waals surface area contributed by atoms with E-state index in [0.717, 1.165) is 18.0 Å². The van der Waals surface area contributed by atoms with E-state index in [1.54, 1.807) is 6.92 Å². The van der Waals surface area contributed by atoms with Crippen LogP contribution in [-0.4, -0.2) is 42.5 Å². The number of nitrogens with zero attached hydrogens (tertiary/aromatic N) is 1. The zero-order valence-corrected chi connectivity index (χ0v) is 15.2. The fraction of sp³-hybridized carbons (Fsp3) is 0.200. The summed E-state index contributed by atoms with van der Waals surface area (Å²) in [4.78, 5) is 41.7. The maximum atomic E-state index is 12.2. The monoisotopic (exact) mass is 397 g/mol. The number of primary sulfonamides is 1. The lowest BCUT2D eigenvalue weighted by molar-refractivity contribution is 0.0523. The number of carbonyl (C=O) groups excluding carboxylic acids is 2. The largest absolute Gasteiger partial charge is 0.462 e. The predicted octanol–water partition coefficient (Wildman–Crippen LogP) is 0.569. The van der Waals surface area contributed by atoms with Gasteiger partial charge in [0.05, 0.1) is 17.3 Å². The number of H-pyrrole nitrogens is 1. The molecule has 0 atom stereocenters. The first kappa shape index (κ1) is 19.8. The van der Waals surface area contributed by atoms with Crippen molar-refractivity contribution < 1.29 is 22.7 Å². The third-order valence-corrected chi connectivity index (χ3v) is 4.89. The summed E-state index contributed by atoms with van der Waals surface area (Å²) in [5.74, 6) is -1.26. The molecule has 9 nitrogen and oxygen atoms in total. The number of hydrogen-bond donors (Lipinski definition) is 2. The number of carbonyl (C=O) groups is 2. The second-order valence-corrected chi connectivity index (χ2v) is 7.46. The molecule has 2 rings (SSSR count). The number of ketones is 1. The molecule has 1 aromatic heterocycles. The molecule has 0 radical (unpaired) electrons. The van der Waals surface area contributed by atoms with Crippen molar-refractivity contribution >= 4 is 33.5 Å². The highest BCUT2D eigenvalue weighted by molar-refractivity contribution is 7.99. The molecule has 0 saturated heterocycles. The van der Waals surface area contributed by atoms with Crippen LogP contribution < -0.4 is 10.7 Å². The van der Waals surface area contributed by atoms with E-state index in [4.69, 9.17) is 9.88 Å². The van der Waals surface area contributed by atoms with Crippen LogP contribution >= 0.6 is 11.8 Å². The van der Waals surface area contributed by atoms with E-state index in [1.807, 2.05) is 0 Å². The fourth-order valence-corrected chi connectivity index (χ4v) is 3.16. The molecule has 0 saturated carbocycles. The van der Waals surface area contributed by atoms with Gasteiger partial charge in [-0.15, -0.1) is 0 Å². The van der Waals surface area contributed by atoms with E-state index < -0.39 is 21.6 Å². The van der Waals surface area contributed by atoms with Crippen LogP contribution in [-0.2, 0) is 14.8 Å². The molecule has 26 heavy (non-hydrogen) atoms. The summed E-state index contributed by atoms with van der Waals surface area (Å²) in [6.07, 6.45) is 1.07. The van der Waals surface area contributed by atoms with Gasteiger partial charge in [0, 0.05) is 11.8 Å². The lowest BCUT2D eigenvalue weighted by Crippen LogP contribution is -2.21. The normalized spacial score (nSPS) is 11.2. The van der Waals surface area contributed by atoms with Crippen LogP contribution in [0.4, 0.5) is 0 Å². The van der Waals surface area contributed by atoms with Crippen molar-refractivity contribution in [1.29, 1.82) is 0 Å². The molecule has 11 heteroatoms. The van der Waals surface area contributed by atoms with Crippen molar-refractivity contribution in [3.05, 3.63) is 51.9 Å². The van der Waals surface area contributed by atoms with Crippen molar-refractivity contribution in [2.75, 3.05) is 12.4 Å². The fourth-order valence-electron chi connectivity index (χ4n) is 1.87. The van der Waals surface area contributed by atoms with Crippen LogP contribution in [0.25, 0.3) is 0 Å². The number of ether oxygens (including phenoxy) is 1. The molecule has 0 bridgehead atoms. The summed E-state index contributed by atoms with van der Waals surface area (Å²) in [5.41, 5.74) is -0.748. The average molecular weight is 397 g/mol. The Labute approximate surface area is 153 Å². The maximum absolute atomic E-state index is 12.2. The molecule has 0 amide bonds. The van der Waals surface area contributed by atoms with Gasteiger partial charge in [-0.05, 0) is 19.1 Å². The molecule has 3 N–H and O–H groups in total. The zero-order valence-electron chi connectivity index (χ0n) is 13.6. The molecule has 138 valence electrons. The minimum Gasteiger partial charge on any atom is -0.462 e. The topological polar surface area (TPSA) is 149 Å². The van der Waals surface area contributed by atoms with Gasteiger partial charge < -0.3 is 9.72 Å². The molecule has 1 aromatic carbocycles. The van der Waals surface area contributed by atoms with E-state index in [1.165, 1.54) is 24.3 Å². The molecule has 2 aromatic rings. The van der Waals surface area contributed by atoms with Crippen LogP contribution in [0.5, 0.6) is 0 Å². The number of rotatable bonds is 7. The van der Waals surface area contributed by atoms with Crippen LogP contribution in [0.2, 0.25) is 0 Å². The minimum absolute atomic E-state index is 0.101. The molecule has 0 spiro atoms. The second-order valence-electron chi connectivity index (χ2n) is 4.94. The summed E-state index contributed by atoms with van der Waals surface area (Å²) in [6.45, 7) is 1.74. The number of benzene rings is 1. The van der Waals surface area contributed by atoms with Gasteiger partial charge in [-0.2, -0.15) is 0 Å². The van der Waals surface area contributed by atoms with Crippen molar-refractivity contribution in [2.24, 2.45) is 5.14 Å². The summed E-state index contributed by atoms with van der Waals surface area (Å²) in [5, 5.41) is 5.17. The highest BCUT2D eigenvalue weighted by Crippen LogP contribution is 2.16. The number of nitrogens with two attached hydrogens (primary N) is 1. The smallest absolute Gasteiger partial charge is 0.345 e. The van der Waals surface area contributed by atoms with Crippen LogP contribution in [0.15, 0.2) is 45.3 Å². The third kappa shape index (κ3) is 5.00. The number of nitrogens with one attached hydrogen (secondary N) is 1. The van der Waals surface area contributed by atoms with Gasteiger partial charge in [-0.25, -0.2) is 23.3 Å². The van der Waals surface area contributed by atoms with Gasteiger partial charge in [0.2, 0.25) is 10.0 Å². The molecule has 0 unspecified atom stereocenters. The highest BCUT2D eigenvalue weighted by atomic mass is 32.2. The number of sulfonamides is 1. The summed E-state index contributed by atoms with van der Waals surface area (Å²) in [6, 6.07) is 5.33. The standard InChI is InChI=1S/C15H15N3O6S2/c1-2-24-14(21)11-7-17-15(18-13(11)20)25-8-12(19)9-4-3-5-10(6-9)26(16,22)23/h3-7H,2,8H2,1H3,(H2,16,22,23)(H,17,18,20). The van der Waals surface area contributed by atoms with Gasteiger partial charge in [0.1, 0.15) is 5.56 Å². The van der Waals surface area contributed by atoms with E-state index >= 15 is 0 Å². The van der Waals surface area contributed by atoms with E-state index in [9.17, 15) is 22.8 Å². The van der Waals surface area contributed by atoms with Crippen molar-refractivity contribution in [3.8, 4) is 0 Å². The minimum atomic E-state index is -3.91. The first-order valence-electron chi connectivity index (χ1n) is 7.27. The molecule has 0 aliphatic rings. The van der Waals surface area contributed by atoms with Crippen molar-refractivity contribution in [3.63, 3.8) is 0 Å². The van der Waals surface area contributed by atoms with Crippen LogP contribution in [0.1, 0.15) is 27.6 Å². The Morgan fingerprint density at radius 1 is 1.35 bits per heavy atom. The number of Topliss-reactive ketones (excluding diaryl/α,β-unsaturated/α-hetero) is 1. The SMILES string of the molecule is CCOC(=O)c1cnc(SCC(=O)c2cccc(S(N)(=O)=O)c2)[nH]c1=O. The molecular formula is C15H15N3O6S2. The van der Waals surface area contributed by atoms with E-state index in [0.29, 0.717) is 0 Å². The van der Waals surface area contributed by atoms with Gasteiger partial charge >= 0.3 is 5.97 Å². The van der Waals surface area contributed by atoms with Crippen molar-refractivity contribution in [2.45, 2.75) is 17.0 Å². The molecular weight excluding hydrogens is 382 g/mol. The average Bonchev–Trinajstić information content (AvgIpc) is 2.59. The number of aromatic nitrogens is 2. The number of esters is 1. The first-order chi connectivity index (χ1) is 12.2. The summed E-state index contributed by atoms with van der Waals surface area (Å²) < 4.78 is 27.4. The molecule has 1 heterocycles. The summed E-state index contributed by atoms with van der Waals surface area (Å²) in [7, 11) is -3.91. The van der Waals surface area contributed by atoms with Crippen LogP contribution in [0, 0.1) is 0 Å². The Kier molecular flexibility index (Phi) is 6.29. The maximum Gasteiger partial charge on any atom is 0.345 e. The van der Waals surface area contributed by atoms with Gasteiger partial charge in [0.15, 0.2) is 10.9 Å². The number of hydrogen-bond acceptors (Lipinski definition) is 8. The Morgan fingerprint density at radius 2 is 2.08 bits per heavy atom. The van der Waals surface area contributed by atoms with Gasteiger partial charge in [-0.3, -0.25) is 9.59 Å².